The summed E-state index contributed by atoms with van der Waals surface area (Å²) in [5.41, 5.74) is -0.442. The largest absolute Gasteiger partial charge is 0.244 e. The molecule has 0 spiro atoms. The van der Waals surface area contributed by atoms with Gasteiger partial charge in [-0.3, -0.25) is 0 Å². The summed E-state index contributed by atoms with van der Waals surface area (Å²) in [5, 5.41) is 10.9. The molecule has 2 rings (SSSR count). The van der Waals surface area contributed by atoms with Crippen LogP contribution in [-0.4, -0.2) is 19.3 Å². The van der Waals surface area contributed by atoms with Gasteiger partial charge >= 0.3 is 0 Å². The van der Waals surface area contributed by atoms with Crippen LogP contribution in [0.15, 0.2) is 40.6 Å². The Labute approximate surface area is 127 Å². The van der Waals surface area contributed by atoms with Gasteiger partial charge in [0.1, 0.15) is 22.3 Å². The van der Waals surface area contributed by atoms with E-state index in [-0.39, 0.29) is 18.0 Å². The number of benzene rings is 1. The summed E-state index contributed by atoms with van der Waals surface area (Å²) in [6.07, 6.45) is 0. The minimum absolute atomic E-state index is 0.206. The molecule has 0 amide bonds. The highest BCUT2D eigenvalue weighted by Gasteiger charge is 2.27. The van der Waals surface area contributed by atoms with Gasteiger partial charge in [-0.1, -0.05) is 19.1 Å². The highest BCUT2D eigenvalue weighted by molar-refractivity contribution is 7.89. The zero-order valence-corrected chi connectivity index (χ0v) is 12.9. The average molecular weight is 324 g/mol. The summed E-state index contributed by atoms with van der Waals surface area (Å²) in [6.45, 7) is 2.15. The minimum atomic E-state index is -3.91. The van der Waals surface area contributed by atoms with Crippen molar-refractivity contribution in [3.8, 4) is 6.07 Å². The first-order chi connectivity index (χ1) is 10.0. The van der Waals surface area contributed by atoms with E-state index in [9.17, 15) is 12.8 Å². The molecule has 0 radical (unpaired) electrons. The number of thiophene rings is 1. The van der Waals surface area contributed by atoms with Gasteiger partial charge in [-0.05, 0) is 23.6 Å². The van der Waals surface area contributed by atoms with E-state index in [0.29, 0.717) is 0 Å². The standard InChI is InChI=1S/C14H13FN2O2S2/c1-2-17(10-11-5-4-8-20-11)21(18,19)14-7-3-6-13(15)12(14)9-16/h3-8H,2,10H2,1H3. The first-order valence-electron chi connectivity index (χ1n) is 6.21. The third-order valence-electron chi connectivity index (χ3n) is 2.97. The van der Waals surface area contributed by atoms with Gasteiger partial charge in [0.25, 0.3) is 0 Å². The maximum absolute atomic E-state index is 13.6. The van der Waals surface area contributed by atoms with Crippen molar-refractivity contribution in [3.05, 3.63) is 52.0 Å². The van der Waals surface area contributed by atoms with Gasteiger partial charge < -0.3 is 0 Å². The number of nitrogens with zero attached hydrogens (tertiary/aromatic N) is 2. The van der Waals surface area contributed by atoms with Crippen LogP contribution in [0.5, 0.6) is 0 Å². The van der Waals surface area contributed by atoms with Crippen LogP contribution in [-0.2, 0) is 16.6 Å². The van der Waals surface area contributed by atoms with Crippen molar-refractivity contribution in [2.24, 2.45) is 0 Å². The topological polar surface area (TPSA) is 61.2 Å². The fraction of sp³-hybridized carbons (Fsp3) is 0.214. The minimum Gasteiger partial charge on any atom is -0.207 e. The van der Waals surface area contributed by atoms with Crippen molar-refractivity contribution in [2.75, 3.05) is 6.54 Å². The molecule has 0 aliphatic rings. The second-order valence-electron chi connectivity index (χ2n) is 4.24. The van der Waals surface area contributed by atoms with Gasteiger partial charge in [0, 0.05) is 18.0 Å². The summed E-state index contributed by atoms with van der Waals surface area (Å²) >= 11 is 1.45. The first kappa shape index (κ1) is 15.6. The van der Waals surface area contributed by atoms with Crippen LogP contribution < -0.4 is 0 Å². The molecule has 0 fully saturated rings. The maximum atomic E-state index is 13.6. The third-order valence-corrected chi connectivity index (χ3v) is 5.79. The van der Waals surface area contributed by atoms with E-state index in [4.69, 9.17) is 5.26 Å². The monoisotopic (exact) mass is 324 g/mol. The van der Waals surface area contributed by atoms with Crippen LogP contribution in [0.1, 0.15) is 17.4 Å². The van der Waals surface area contributed by atoms with Crippen LogP contribution in [0.25, 0.3) is 0 Å². The van der Waals surface area contributed by atoms with E-state index >= 15 is 0 Å². The molecule has 110 valence electrons. The molecule has 0 atom stereocenters. The number of halogens is 1. The lowest BCUT2D eigenvalue weighted by Crippen LogP contribution is -2.30. The van der Waals surface area contributed by atoms with Crippen LogP contribution in [0.4, 0.5) is 4.39 Å². The lowest BCUT2D eigenvalue weighted by molar-refractivity contribution is 0.425. The molecule has 0 bridgehead atoms. The molecule has 1 aromatic heterocycles. The number of nitriles is 1. The van der Waals surface area contributed by atoms with Crippen LogP contribution in [0, 0.1) is 17.1 Å². The van der Waals surface area contributed by atoms with Gasteiger partial charge in [0.05, 0.1) is 0 Å². The molecule has 0 unspecified atom stereocenters. The first-order valence-corrected chi connectivity index (χ1v) is 8.53. The third kappa shape index (κ3) is 3.13. The molecule has 0 aliphatic heterocycles. The Morgan fingerprint density at radius 2 is 2.10 bits per heavy atom. The smallest absolute Gasteiger partial charge is 0.207 e. The lowest BCUT2D eigenvalue weighted by atomic mass is 10.2. The molecule has 1 aromatic carbocycles. The van der Waals surface area contributed by atoms with Crippen molar-refractivity contribution < 1.29 is 12.8 Å². The van der Waals surface area contributed by atoms with Gasteiger partial charge in [-0.15, -0.1) is 11.3 Å². The van der Waals surface area contributed by atoms with Gasteiger partial charge in [-0.25, -0.2) is 12.8 Å². The highest BCUT2D eigenvalue weighted by atomic mass is 32.2. The molecular weight excluding hydrogens is 311 g/mol. The fourth-order valence-electron chi connectivity index (χ4n) is 1.91. The highest BCUT2D eigenvalue weighted by Crippen LogP contribution is 2.24. The average Bonchev–Trinajstić information content (AvgIpc) is 2.97. The Morgan fingerprint density at radius 1 is 1.33 bits per heavy atom. The summed E-state index contributed by atoms with van der Waals surface area (Å²) < 4.78 is 40.1. The molecule has 0 aliphatic carbocycles. The SMILES string of the molecule is CCN(Cc1cccs1)S(=O)(=O)c1cccc(F)c1C#N. The predicted molar refractivity (Wildman–Crippen MR) is 78.7 cm³/mol. The van der Waals surface area contributed by atoms with E-state index in [0.717, 1.165) is 10.9 Å². The molecule has 7 heteroatoms. The van der Waals surface area contributed by atoms with Crippen LogP contribution >= 0.6 is 11.3 Å². The molecule has 2 aromatic rings. The summed E-state index contributed by atoms with van der Waals surface area (Å²) in [7, 11) is -3.91. The normalized spacial score (nSPS) is 11.5. The number of rotatable bonds is 5. The van der Waals surface area contributed by atoms with Gasteiger partial charge in [0.2, 0.25) is 10.0 Å². The van der Waals surface area contributed by atoms with Crippen molar-refractivity contribution in [1.82, 2.24) is 4.31 Å². The molecule has 4 nitrogen and oxygen atoms in total. The van der Waals surface area contributed by atoms with E-state index < -0.39 is 21.4 Å². The van der Waals surface area contributed by atoms with E-state index in [1.54, 1.807) is 13.0 Å². The van der Waals surface area contributed by atoms with E-state index in [1.807, 2.05) is 17.5 Å². The van der Waals surface area contributed by atoms with Crippen molar-refractivity contribution in [1.29, 1.82) is 5.26 Å². The van der Waals surface area contributed by atoms with Crippen molar-refractivity contribution >= 4 is 21.4 Å². The molecule has 1 heterocycles. The Morgan fingerprint density at radius 3 is 2.67 bits per heavy atom. The Bertz CT molecular complexity index is 765. The molecular formula is C14H13FN2O2S2. The van der Waals surface area contributed by atoms with Gasteiger partial charge in [0.15, 0.2) is 0 Å². The molecule has 21 heavy (non-hydrogen) atoms. The zero-order valence-electron chi connectivity index (χ0n) is 11.3. The number of sulfonamides is 1. The summed E-state index contributed by atoms with van der Waals surface area (Å²) in [4.78, 5) is 0.596. The summed E-state index contributed by atoms with van der Waals surface area (Å²) in [5.74, 6) is -0.828. The van der Waals surface area contributed by atoms with Crippen molar-refractivity contribution in [3.63, 3.8) is 0 Å². The van der Waals surface area contributed by atoms with Gasteiger partial charge in [-0.2, -0.15) is 9.57 Å². The maximum Gasteiger partial charge on any atom is 0.244 e. The molecule has 0 N–H and O–H groups in total. The fourth-order valence-corrected chi connectivity index (χ4v) is 4.29. The van der Waals surface area contributed by atoms with Crippen LogP contribution in [0.3, 0.4) is 0 Å². The predicted octanol–water partition coefficient (Wildman–Crippen LogP) is 2.97. The Kier molecular flexibility index (Phi) is 4.73. The second-order valence-corrected chi connectivity index (χ2v) is 7.17. The second kappa shape index (κ2) is 6.35. The number of hydrogen-bond acceptors (Lipinski definition) is 4. The zero-order chi connectivity index (χ0) is 15.5. The number of hydrogen-bond donors (Lipinski definition) is 0. The van der Waals surface area contributed by atoms with Crippen LogP contribution in [0.2, 0.25) is 0 Å². The Balaban J connectivity index is 2.45. The van der Waals surface area contributed by atoms with Crippen molar-refractivity contribution in [2.45, 2.75) is 18.4 Å². The Hall–Kier alpha value is -1.75. The van der Waals surface area contributed by atoms with E-state index in [2.05, 4.69) is 0 Å². The quantitative estimate of drug-likeness (QED) is 0.849. The molecule has 0 saturated carbocycles. The lowest BCUT2D eigenvalue weighted by Gasteiger charge is -2.20. The summed E-state index contributed by atoms with van der Waals surface area (Å²) in [6, 6.07) is 8.93. The molecule has 0 saturated heterocycles. The van der Waals surface area contributed by atoms with E-state index in [1.165, 1.54) is 27.8 Å².